The summed E-state index contributed by atoms with van der Waals surface area (Å²) in [6.45, 7) is 2.77. The van der Waals surface area contributed by atoms with Gasteiger partial charge in [-0.3, -0.25) is 9.78 Å². The molecule has 32 heavy (non-hydrogen) atoms. The molecule has 1 atom stereocenters. The Labute approximate surface area is 188 Å². The number of benzene rings is 3. The van der Waals surface area contributed by atoms with Crippen molar-refractivity contribution in [2.45, 2.75) is 25.9 Å². The van der Waals surface area contributed by atoms with E-state index in [-0.39, 0.29) is 12.6 Å². The molecule has 4 aromatic rings. The number of rotatable bonds is 4. The van der Waals surface area contributed by atoms with Crippen molar-refractivity contribution in [2.75, 3.05) is 11.4 Å². The maximum atomic E-state index is 8.36. The van der Waals surface area contributed by atoms with Gasteiger partial charge in [-0.25, -0.2) is 0 Å². The van der Waals surface area contributed by atoms with Crippen molar-refractivity contribution < 1.29 is 9.90 Å². The summed E-state index contributed by atoms with van der Waals surface area (Å²) in [7, 11) is 0. The standard InChI is InChI=1S/C26H25N3.CH2O2/c1-18-22-17-25(27)29(15-14-19-8-4-2-5-9-19)26(22)23-16-21(12-13-24(23)28-18)20-10-6-3-7-11-20;2-1-3/h2-13,16,25H,14-15,17,27H2,1H3;1H,(H,2,3). The Kier molecular flexibility index (Phi) is 6.47. The minimum atomic E-state index is -0.250. The van der Waals surface area contributed by atoms with Crippen LogP contribution in [0.2, 0.25) is 0 Å². The molecular formula is C27H27N3O2. The van der Waals surface area contributed by atoms with Crippen LogP contribution < -0.4 is 10.6 Å². The molecule has 0 amide bonds. The third-order valence-electron chi connectivity index (χ3n) is 5.95. The summed E-state index contributed by atoms with van der Waals surface area (Å²) in [5.41, 5.74) is 15.1. The first-order valence-corrected chi connectivity index (χ1v) is 10.7. The first-order valence-electron chi connectivity index (χ1n) is 10.7. The normalized spacial score (nSPS) is 14.6. The number of nitrogens with two attached hydrogens (primary N) is 1. The van der Waals surface area contributed by atoms with Crippen molar-refractivity contribution in [1.29, 1.82) is 0 Å². The maximum Gasteiger partial charge on any atom is 0.290 e. The zero-order valence-electron chi connectivity index (χ0n) is 18.1. The van der Waals surface area contributed by atoms with E-state index >= 15 is 0 Å². The molecule has 1 unspecified atom stereocenters. The van der Waals surface area contributed by atoms with E-state index in [0.29, 0.717) is 0 Å². The fourth-order valence-electron chi connectivity index (χ4n) is 4.44. The largest absolute Gasteiger partial charge is 0.483 e. The minimum Gasteiger partial charge on any atom is -0.483 e. The van der Waals surface area contributed by atoms with E-state index in [4.69, 9.17) is 20.6 Å². The topological polar surface area (TPSA) is 79.5 Å². The highest BCUT2D eigenvalue weighted by Gasteiger charge is 2.30. The van der Waals surface area contributed by atoms with Gasteiger partial charge in [0.15, 0.2) is 0 Å². The molecule has 5 nitrogen and oxygen atoms in total. The summed E-state index contributed by atoms with van der Waals surface area (Å²) < 4.78 is 0. The molecule has 1 aliphatic heterocycles. The Morgan fingerprint density at radius 1 is 1.03 bits per heavy atom. The fraction of sp³-hybridized carbons (Fsp3) is 0.185. The molecule has 1 aromatic heterocycles. The Morgan fingerprint density at radius 2 is 1.69 bits per heavy atom. The number of hydrogen-bond acceptors (Lipinski definition) is 4. The van der Waals surface area contributed by atoms with Gasteiger partial charge in [0.1, 0.15) is 0 Å². The highest BCUT2D eigenvalue weighted by molar-refractivity contribution is 5.97. The van der Waals surface area contributed by atoms with Crippen LogP contribution in [-0.4, -0.2) is 29.3 Å². The quantitative estimate of drug-likeness (QED) is 0.459. The van der Waals surface area contributed by atoms with Crippen LogP contribution in [0.3, 0.4) is 0 Å². The van der Waals surface area contributed by atoms with Crippen molar-refractivity contribution in [3.8, 4) is 11.1 Å². The van der Waals surface area contributed by atoms with E-state index in [1.54, 1.807) is 0 Å². The lowest BCUT2D eigenvalue weighted by Crippen LogP contribution is -2.40. The van der Waals surface area contributed by atoms with E-state index in [9.17, 15) is 0 Å². The predicted molar refractivity (Wildman–Crippen MR) is 130 cm³/mol. The van der Waals surface area contributed by atoms with Gasteiger partial charge in [0, 0.05) is 29.6 Å². The molecule has 2 heterocycles. The van der Waals surface area contributed by atoms with Crippen LogP contribution >= 0.6 is 0 Å². The third kappa shape index (κ3) is 4.34. The monoisotopic (exact) mass is 425 g/mol. The number of fused-ring (bicyclic) bond motifs is 3. The van der Waals surface area contributed by atoms with Crippen LogP contribution in [0, 0.1) is 6.92 Å². The number of aryl methyl sites for hydroxylation is 1. The first kappa shape index (κ1) is 21.5. The molecule has 0 bridgehead atoms. The second-order valence-corrected chi connectivity index (χ2v) is 7.93. The number of anilines is 1. The minimum absolute atomic E-state index is 0.000179. The molecule has 0 saturated heterocycles. The SMILES string of the molecule is Cc1nc2ccc(-c3ccccc3)cc2c2c1CC(N)N2CCc1ccccc1.O=CO. The second-order valence-electron chi connectivity index (χ2n) is 7.93. The van der Waals surface area contributed by atoms with Crippen LogP contribution in [0.25, 0.3) is 22.0 Å². The number of pyridine rings is 1. The van der Waals surface area contributed by atoms with Crippen molar-refractivity contribution >= 4 is 23.1 Å². The van der Waals surface area contributed by atoms with E-state index in [0.717, 1.165) is 30.6 Å². The smallest absolute Gasteiger partial charge is 0.290 e. The van der Waals surface area contributed by atoms with Gasteiger partial charge in [-0.05, 0) is 42.2 Å². The first-order chi connectivity index (χ1) is 15.6. The van der Waals surface area contributed by atoms with Gasteiger partial charge in [-0.1, -0.05) is 66.7 Å². The van der Waals surface area contributed by atoms with E-state index in [2.05, 4.69) is 90.7 Å². The fourth-order valence-corrected chi connectivity index (χ4v) is 4.44. The lowest BCUT2D eigenvalue weighted by molar-refractivity contribution is -0.122. The van der Waals surface area contributed by atoms with Gasteiger partial charge in [-0.2, -0.15) is 0 Å². The zero-order valence-corrected chi connectivity index (χ0v) is 18.1. The summed E-state index contributed by atoms with van der Waals surface area (Å²) in [5, 5.41) is 8.09. The Balaban J connectivity index is 0.000000775. The van der Waals surface area contributed by atoms with Crippen LogP contribution in [0.1, 0.15) is 16.8 Å². The summed E-state index contributed by atoms with van der Waals surface area (Å²) >= 11 is 0. The molecule has 0 fully saturated rings. The molecule has 5 rings (SSSR count). The van der Waals surface area contributed by atoms with Gasteiger partial charge in [-0.15, -0.1) is 0 Å². The average molecular weight is 426 g/mol. The lowest BCUT2D eigenvalue weighted by Gasteiger charge is -2.26. The van der Waals surface area contributed by atoms with Crippen LogP contribution in [0.5, 0.6) is 0 Å². The number of hydrogen-bond donors (Lipinski definition) is 2. The number of carboxylic acid groups (broad SMARTS) is 1. The molecular weight excluding hydrogens is 398 g/mol. The van der Waals surface area contributed by atoms with E-state index < -0.39 is 0 Å². The number of nitrogens with zero attached hydrogens (tertiary/aromatic N) is 2. The molecule has 3 N–H and O–H groups in total. The molecule has 3 aromatic carbocycles. The molecule has 0 aliphatic carbocycles. The van der Waals surface area contributed by atoms with Gasteiger partial charge in [0.25, 0.3) is 6.47 Å². The Morgan fingerprint density at radius 3 is 2.38 bits per heavy atom. The van der Waals surface area contributed by atoms with E-state index in [1.807, 2.05) is 0 Å². The molecule has 162 valence electrons. The molecule has 0 saturated carbocycles. The highest BCUT2D eigenvalue weighted by Crippen LogP contribution is 2.39. The van der Waals surface area contributed by atoms with Gasteiger partial charge < -0.3 is 15.7 Å². The molecule has 1 aliphatic rings. The van der Waals surface area contributed by atoms with Gasteiger partial charge in [0.05, 0.1) is 17.4 Å². The summed E-state index contributed by atoms with van der Waals surface area (Å²) in [6, 6.07) is 27.8. The van der Waals surface area contributed by atoms with Crippen molar-refractivity contribution in [1.82, 2.24) is 4.98 Å². The van der Waals surface area contributed by atoms with Crippen molar-refractivity contribution in [2.24, 2.45) is 5.73 Å². The van der Waals surface area contributed by atoms with Gasteiger partial charge in [0.2, 0.25) is 0 Å². The third-order valence-corrected chi connectivity index (χ3v) is 5.95. The number of aromatic nitrogens is 1. The lowest BCUT2D eigenvalue weighted by atomic mass is 10.00. The highest BCUT2D eigenvalue weighted by atomic mass is 16.3. The molecule has 0 radical (unpaired) electrons. The Bertz CT molecular complexity index is 1210. The van der Waals surface area contributed by atoms with Crippen LogP contribution in [0.15, 0.2) is 78.9 Å². The summed E-state index contributed by atoms with van der Waals surface area (Å²) in [6.07, 6.45) is 1.84. The Hall–Kier alpha value is -3.70. The molecule has 0 spiro atoms. The number of carbonyl (C=O) groups is 1. The second kappa shape index (κ2) is 9.62. The van der Waals surface area contributed by atoms with Crippen LogP contribution in [0.4, 0.5) is 5.69 Å². The van der Waals surface area contributed by atoms with Crippen molar-refractivity contribution in [3.63, 3.8) is 0 Å². The van der Waals surface area contributed by atoms with Crippen LogP contribution in [-0.2, 0) is 17.6 Å². The summed E-state index contributed by atoms with van der Waals surface area (Å²) in [5.74, 6) is 0. The summed E-state index contributed by atoms with van der Waals surface area (Å²) in [4.78, 5) is 15.6. The van der Waals surface area contributed by atoms with Gasteiger partial charge >= 0.3 is 0 Å². The van der Waals surface area contributed by atoms with Crippen molar-refractivity contribution in [3.05, 3.63) is 95.7 Å². The maximum absolute atomic E-state index is 8.36. The van der Waals surface area contributed by atoms with E-state index in [1.165, 1.54) is 33.3 Å². The zero-order chi connectivity index (χ0) is 22.5. The predicted octanol–water partition coefficient (Wildman–Crippen LogP) is 4.80. The average Bonchev–Trinajstić information content (AvgIpc) is 3.16. The molecule has 5 heteroatoms.